The van der Waals surface area contributed by atoms with Gasteiger partial charge in [-0.2, -0.15) is 0 Å². The summed E-state index contributed by atoms with van der Waals surface area (Å²) < 4.78 is 0. The summed E-state index contributed by atoms with van der Waals surface area (Å²) in [4.78, 5) is 27.5. The molecule has 2 aromatic carbocycles. The average molecular weight is 399 g/mol. The molecule has 1 amide bonds. The van der Waals surface area contributed by atoms with Crippen molar-refractivity contribution in [1.82, 2.24) is 10.3 Å². The summed E-state index contributed by atoms with van der Waals surface area (Å²) >= 11 is 6.36. The second-order valence-electron chi connectivity index (χ2n) is 7.98. The van der Waals surface area contributed by atoms with Crippen molar-refractivity contribution < 1.29 is 14.7 Å². The number of aliphatic carboxylic acids is 1. The molecule has 3 rings (SSSR count). The summed E-state index contributed by atoms with van der Waals surface area (Å²) in [5, 5.41) is 13.2. The zero-order valence-corrected chi connectivity index (χ0v) is 17.0. The SMILES string of the molecule is Cc1ccc2[nH]c(C(=O)NC(C(=O)O)c3ccc(C(C)(C)C)cc3)c(Cl)c2c1. The van der Waals surface area contributed by atoms with Gasteiger partial charge in [-0.25, -0.2) is 4.79 Å². The zero-order chi connectivity index (χ0) is 20.6. The molecule has 1 aromatic heterocycles. The van der Waals surface area contributed by atoms with Gasteiger partial charge in [0, 0.05) is 10.9 Å². The van der Waals surface area contributed by atoms with Crippen LogP contribution in [0.5, 0.6) is 0 Å². The van der Waals surface area contributed by atoms with Crippen LogP contribution in [0.1, 0.15) is 54.0 Å². The van der Waals surface area contributed by atoms with Crippen LogP contribution in [0, 0.1) is 6.92 Å². The average Bonchev–Trinajstić information content (AvgIpc) is 2.95. The Labute approximate surface area is 168 Å². The Morgan fingerprint density at radius 3 is 2.32 bits per heavy atom. The standard InChI is InChI=1S/C22H23ClN2O3/c1-12-5-10-16-15(11-12)17(23)19(24-16)20(26)25-18(21(27)28)13-6-8-14(9-7-13)22(2,3)4/h5-11,18,24H,1-4H3,(H,25,26)(H,27,28). The Hall–Kier alpha value is -2.79. The number of aromatic nitrogens is 1. The number of nitrogens with one attached hydrogen (secondary N) is 2. The molecule has 1 unspecified atom stereocenters. The molecule has 0 saturated heterocycles. The number of aryl methyl sites for hydroxylation is 1. The van der Waals surface area contributed by atoms with E-state index in [-0.39, 0.29) is 16.1 Å². The molecule has 146 valence electrons. The van der Waals surface area contributed by atoms with Gasteiger partial charge in [0.25, 0.3) is 5.91 Å². The third-order valence-electron chi connectivity index (χ3n) is 4.75. The molecule has 3 aromatic rings. The van der Waals surface area contributed by atoms with Gasteiger partial charge in [0.15, 0.2) is 6.04 Å². The number of fused-ring (bicyclic) bond motifs is 1. The van der Waals surface area contributed by atoms with E-state index in [1.165, 1.54) is 0 Å². The van der Waals surface area contributed by atoms with Gasteiger partial charge in [-0.15, -0.1) is 0 Å². The first-order valence-electron chi connectivity index (χ1n) is 9.00. The predicted molar refractivity (Wildman–Crippen MR) is 111 cm³/mol. The molecule has 0 aliphatic carbocycles. The van der Waals surface area contributed by atoms with Crippen molar-refractivity contribution in [3.8, 4) is 0 Å². The molecule has 0 fully saturated rings. The van der Waals surface area contributed by atoms with E-state index < -0.39 is 17.9 Å². The van der Waals surface area contributed by atoms with Gasteiger partial charge in [0.1, 0.15) is 5.69 Å². The Balaban J connectivity index is 1.90. The monoisotopic (exact) mass is 398 g/mol. The van der Waals surface area contributed by atoms with Crippen LogP contribution in [-0.2, 0) is 10.2 Å². The fourth-order valence-corrected chi connectivity index (χ4v) is 3.39. The van der Waals surface area contributed by atoms with Gasteiger partial charge in [-0.05, 0) is 35.6 Å². The second-order valence-corrected chi connectivity index (χ2v) is 8.36. The van der Waals surface area contributed by atoms with Crippen molar-refractivity contribution in [2.45, 2.75) is 39.2 Å². The van der Waals surface area contributed by atoms with Crippen molar-refractivity contribution in [3.05, 3.63) is 69.9 Å². The lowest BCUT2D eigenvalue weighted by Gasteiger charge is -2.20. The van der Waals surface area contributed by atoms with Gasteiger partial charge in [0.2, 0.25) is 0 Å². The van der Waals surface area contributed by atoms with Gasteiger partial charge in [-0.3, -0.25) is 4.79 Å². The quantitative estimate of drug-likeness (QED) is 0.579. The lowest BCUT2D eigenvalue weighted by Crippen LogP contribution is -2.34. The Morgan fingerprint density at radius 2 is 1.75 bits per heavy atom. The van der Waals surface area contributed by atoms with Crippen molar-refractivity contribution in [2.75, 3.05) is 0 Å². The summed E-state index contributed by atoms with van der Waals surface area (Å²) in [6.07, 6.45) is 0. The highest BCUT2D eigenvalue weighted by Gasteiger charge is 2.26. The number of hydrogen-bond acceptors (Lipinski definition) is 2. The molecule has 0 radical (unpaired) electrons. The second kappa shape index (κ2) is 7.32. The fourth-order valence-electron chi connectivity index (χ4n) is 3.10. The van der Waals surface area contributed by atoms with Crippen molar-refractivity contribution in [3.63, 3.8) is 0 Å². The molecule has 0 aliphatic rings. The molecule has 6 heteroatoms. The molecular weight excluding hydrogens is 376 g/mol. The van der Waals surface area contributed by atoms with Crippen LogP contribution in [0.4, 0.5) is 0 Å². The Morgan fingerprint density at radius 1 is 1.11 bits per heavy atom. The first-order valence-corrected chi connectivity index (χ1v) is 9.37. The van der Waals surface area contributed by atoms with E-state index in [1.54, 1.807) is 12.1 Å². The largest absolute Gasteiger partial charge is 0.479 e. The van der Waals surface area contributed by atoms with Crippen LogP contribution in [0.25, 0.3) is 10.9 Å². The third-order valence-corrected chi connectivity index (χ3v) is 5.14. The van der Waals surface area contributed by atoms with Crippen LogP contribution < -0.4 is 5.32 Å². The molecule has 3 N–H and O–H groups in total. The lowest BCUT2D eigenvalue weighted by molar-refractivity contribution is -0.139. The summed E-state index contributed by atoms with van der Waals surface area (Å²) in [6, 6.07) is 11.7. The number of benzene rings is 2. The van der Waals surface area contributed by atoms with E-state index in [0.717, 1.165) is 22.0 Å². The molecule has 5 nitrogen and oxygen atoms in total. The summed E-state index contributed by atoms with van der Waals surface area (Å²) in [5.41, 5.74) is 3.43. The van der Waals surface area contributed by atoms with Crippen molar-refractivity contribution in [2.24, 2.45) is 0 Å². The number of aromatic amines is 1. The minimum atomic E-state index is -1.18. The zero-order valence-electron chi connectivity index (χ0n) is 16.3. The highest BCUT2D eigenvalue weighted by Crippen LogP contribution is 2.29. The highest BCUT2D eigenvalue weighted by molar-refractivity contribution is 6.38. The smallest absolute Gasteiger partial charge is 0.330 e. The first kappa shape index (κ1) is 20.0. The van der Waals surface area contributed by atoms with E-state index in [2.05, 4.69) is 31.1 Å². The number of carbonyl (C=O) groups excluding carboxylic acids is 1. The maximum atomic E-state index is 12.7. The molecule has 0 saturated carbocycles. The van der Waals surface area contributed by atoms with Gasteiger partial charge < -0.3 is 15.4 Å². The molecule has 0 aliphatic heterocycles. The molecule has 1 atom stereocenters. The van der Waals surface area contributed by atoms with E-state index in [4.69, 9.17) is 11.6 Å². The van der Waals surface area contributed by atoms with Crippen LogP contribution >= 0.6 is 11.6 Å². The summed E-state index contributed by atoms with van der Waals surface area (Å²) in [5.74, 6) is -1.70. The minimum absolute atomic E-state index is 0.0451. The van der Waals surface area contributed by atoms with Crippen LogP contribution in [-0.4, -0.2) is 22.0 Å². The molecule has 28 heavy (non-hydrogen) atoms. The van der Waals surface area contributed by atoms with E-state index >= 15 is 0 Å². The maximum Gasteiger partial charge on any atom is 0.330 e. The third kappa shape index (κ3) is 3.90. The predicted octanol–water partition coefficient (Wildman–Crippen LogP) is 4.98. The topological polar surface area (TPSA) is 82.2 Å². The van der Waals surface area contributed by atoms with Crippen LogP contribution in [0.2, 0.25) is 5.02 Å². The van der Waals surface area contributed by atoms with Gasteiger partial charge in [-0.1, -0.05) is 68.3 Å². The number of carbonyl (C=O) groups is 2. The van der Waals surface area contributed by atoms with E-state index in [0.29, 0.717) is 5.56 Å². The van der Waals surface area contributed by atoms with Crippen LogP contribution in [0.3, 0.4) is 0 Å². The van der Waals surface area contributed by atoms with Crippen LogP contribution in [0.15, 0.2) is 42.5 Å². The van der Waals surface area contributed by atoms with Crippen molar-refractivity contribution in [1.29, 1.82) is 0 Å². The van der Waals surface area contributed by atoms with E-state index in [9.17, 15) is 14.7 Å². The first-order chi connectivity index (χ1) is 13.1. The van der Waals surface area contributed by atoms with E-state index in [1.807, 2.05) is 37.3 Å². The van der Waals surface area contributed by atoms with Crippen molar-refractivity contribution >= 4 is 34.4 Å². The summed E-state index contributed by atoms with van der Waals surface area (Å²) in [6.45, 7) is 8.18. The Kier molecular flexibility index (Phi) is 5.22. The highest BCUT2D eigenvalue weighted by atomic mass is 35.5. The lowest BCUT2D eigenvalue weighted by atomic mass is 9.86. The number of hydrogen-bond donors (Lipinski definition) is 3. The minimum Gasteiger partial charge on any atom is -0.479 e. The molecule has 0 bridgehead atoms. The maximum absolute atomic E-state index is 12.7. The number of carboxylic acids is 1. The number of carboxylic acid groups (broad SMARTS) is 1. The molecular formula is C22H23ClN2O3. The number of halogens is 1. The number of rotatable bonds is 4. The normalized spacial score (nSPS) is 12.8. The number of amides is 1. The van der Waals surface area contributed by atoms with Gasteiger partial charge in [0.05, 0.1) is 5.02 Å². The molecule has 0 spiro atoms. The molecule has 1 heterocycles. The Bertz CT molecular complexity index is 1050. The number of H-pyrrole nitrogens is 1. The summed E-state index contributed by atoms with van der Waals surface area (Å²) in [7, 11) is 0. The van der Waals surface area contributed by atoms with Gasteiger partial charge >= 0.3 is 5.97 Å². The fraction of sp³-hybridized carbons (Fsp3) is 0.273.